The van der Waals surface area contributed by atoms with Crippen molar-refractivity contribution in [2.75, 3.05) is 13.1 Å². The van der Waals surface area contributed by atoms with Crippen LogP contribution < -0.4 is 0 Å². The van der Waals surface area contributed by atoms with Gasteiger partial charge in [0.25, 0.3) is 0 Å². The average Bonchev–Trinajstić information content (AvgIpc) is 2.30. The number of nitrogens with zero attached hydrogens (tertiary/aromatic N) is 1. The van der Waals surface area contributed by atoms with Crippen LogP contribution in [0.25, 0.3) is 0 Å². The molecule has 16 heavy (non-hydrogen) atoms. The number of aliphatic carboxylic acids is 1. The molecule has 3 heteroatoms. The minimum absolute atomic E-state index is 0.279. The SMILES string of the molecule is CCC1CCCCC1N(CC)CCC(=O)O. The number of carbonyl (C=O) groups is 1. The van der Waals surface area contributed by atoms with Gasteiger partial charge in [0.2, 0.25) is 0 Å². The Labute approximate surface area is 98.8 Å². The molecule has 94 valence electrons. The number of hydrogen-bond acceptors (Lipinski definition) is 2. The van der Waals surface area contributed by atoms with E-state index in [2.05, 4.69) is 18.7 Å². The van der Waals surface area contributed by atoms with Crippen LogP contribution in [0.1, 0.15) is 52.4 Å². The van der Waals surface area contributed by atoms with Gasteiger partial charge in [0.1, 0.15) is 0 Å². The minimum Gasteiger partial charge on any atom is -0.481 e. The van der Waals surface area contributed by atoms with Crippen molar-refractivity contribution in [2.24, 2.45) is 5.92 Å². The lowest BCUT2D eigenvalue weighted by atomic mass is 9.82. The Morgan fingerprint density at radius 1 is 1.31 bits per heavy atom. The van der Waals surface area contributed by atoms with Crippen molar-refractivity contribution in [3.8, 4) is 0 Å². The van der Waals surface area contributed by atoms with Crippen LogP contribution in [-0.4, -0.2) is 35.1 Å². The molecule has 1 rings (SSSR count). The summed E-state index contributed by atoms with van der Waals surface area (Å²) in [4.78, 5) is 13.0. The molecule has 1 fully saturated rings. The zero-order valence-electron chi connectivity index (χ0n) is 10.6. The molecule has 3 nitrogen and oxygen atoms in total. The summed E-state index contributed by atoms with van der Waals surface area (Å²) in [6.07, 6.45) is 6.75. The summed E-state index contributed by atoms with van der Waals surface area (Å²) in [6.45, 7) is 6.10. The quantitative estimate of drug-likeness (QED) is 0.758. The van der Waals surface area contributed by atoms with Crippen LogP contribution in [0.15, 0.2) is 0 Å². The standard InChI is InChI=1S/C13H25NO2/c1-3-11-7-5-6-8-12(11)14(4-2)10-9-13(15)16/h11-12H,3-10H2,1-2H3,(H,15,16). The largest absolute Gasteiger partial charge is 0.481 e. The lowest BCUT2D eigenvalue weighted by molar-refractivity contribution is -0.137. The monoisotopic (exact) mass is 227 g/mol. The summed E-state index contributed by atoms with van der Waals surface area (Å²) in [5.74, 6) is 0.102. The molecule has 1 saturated carbocycles. The molecule has 0 aromatic carbocycles. The highest BCUT2D eigenvalue weighted by atomic mass is 16.4. The average molecular weight is 227 g/mol. The van der Waals surface area contributed by atoms with Crippen molar-refractivity contribution >= 4 is 5.97 Å². The van der Waals surface area contributed by atoms with Crippen molar-refractivity contribution in [1.82, 2.24) is 4.90 Å². The van der Waals surface area contributed by atoms with E-state index >= 15 is 0 Å². The summed E-state index contributed by atoms with van der Waals surface area (Å²) >= 11 is 0. The fourth-order valence-corrected chi connectivity index (χ4v) is 2.94. The lowest BCUT2D eigenvalue weighted by Crippen LogP contribution is -2.43. The molecule has 2 unspecified atom stereocenters. The molecule has 0 heterocycles. The smallest absolute Gasteiger partial charge is 0.304 e. The second-order valence-corrected chi connectivity index (χ2v) is 4.79. The first kappa shape index (κ1) is 13.5. The fraction of sp³-hybridized carbons (Fsp3) is 0.923. The van der Waals surface area contributed by atoms with E-state index < -0.39 is 5.97 Å². The molecular weight excluding hydrogens is 202 g/mol. The summed E-state index contributed by atoms with van der Waals surface area (Å²) in [6, 6.07) is 0.628. The predicted octanol–water partition coefficient (Wildman–Crippen LogP) is 2.75. The second-order valence-electron chi connectivity index (χ2n) is 4.79. The fourth-order valence-electron chi connectivity index (χ4n) is 2.94. The van der Waals surface area contributed by atoms with E-state index in [-0.39, 0.29) is 6.42 Å². The summed E-state index contributed by atoms with van der Waals surface area (Å²) in [5.41, 5.74) is 0. The molecule has 1 aliphatic carbocycles. The van der Waals surface area contributed by atoms with Gasteiger partial charge < -0.3 is 5.11 Å². The third-order valence-electron chi connectivity index (χ3n) is 3.88. The number of rotatable bonds is 6. The second kappa shape index (κ2) is 6.89. The van der Waals surface area contributed by atoms with Crippen molar-refractivity contribution in [3.05, 3.63) is 0 Å². The van der Waals surface area contributed by atoms with Gasteiger partial charge in [-0.05, 0) is 25.3 Å². The highest BCUT2D eigenvalue weighted by molar-refractivity contribution is 5.66. The Balaban J connectivity index is 2.51. The van der Waals surface area contributed by atoms with E-state index in [1.807, 2.05) is 0 Å². The lowest BCUT2D eigenvalue weighted by Gasteiger charge is -2.39. The molecule has 1 aliphatic rings. The maximum absolute atomic E-state index is 10.6. The van der Waals surface area contributed by atoms with Crippen LogP contribution in [0.5, 0.6) is 0 Å². The van der Waals surface area contributed by atoms with Gasteiger partial charge in [0, 0.05) is 12.6 Å². The Kier molecular flexibility index (Phi) is 5.81. The topological polar surface area (TPSA) is 40.5 Å². The van der Waals surface area contributed by atoms with E-state index in [1.54, 1.807) is 0 Å². The van der Waals surface area contributed by atoms with Gasteiger partial charge in [-0.25, -0.2) is 0 Å². The van der Waals surface area contributed by atoms with Gasteiger partial charge in [-0.3, -0.25) is 9.69 Å². The van der Waals surface area contributed by atoms with Crippen molar-refractivity contribution in [2.45, 2.75) is 58.4 Å². The Morgan fingerprint density at radius 3 is 2.56 bits per heavy atom. The van der Waals surface area contributed by atoms with E-state index in [0.717, 1.165) is 12.5 Å². The van der Waals surface area contributed by atoms with Gasteiger partial charge in [0.15, 0.2) is 0 Å². The third kappa shape index (κ3) is 3.78. The van der Waals surface area contributed by atoms with Crippen molar-refractivity contribution < 1.29 is 9.90 Å². The van der Waals surface area contributed by atoms with Crippen LogP contribution in [0, 0.1) is 5.92 Å². The molecule has 0 saturated heterocycles. The van der Waals surface area contributed by atoms with E-state index in [0.29, 0.717) is 12.6 Å². The molecule has 0 spiro atoms. The zero-order chi connectivity index (χ0) is 12.0. The first-order valence-corrected chi connectivity index (χ1v) is 6.64. The summed E-state index contributed by atoms with van der Waals surface area (Å²) in [5, 5.41) is 8.75. The summed E-state index contributed by atoms with van der Waals surface area (Å²) in [7, 11) is 0. The first-order valence-electron chi connectivity index (χ1n) is 6.64. The molecular formula is C13H25NO2. The van der Waals surface area contributed by atoms with Crippen LogP contribution in [0.2, 0.25) is 0 Å². The zero-order valence-corrected chi connectivity index (χ0v) is 10.6. The van der Waals surface area contributed by atoms with Gasteiger partial charge in [-0.1, -0.05) is 33.1 Å². The van der Waals surface area contributed by atoms with Crippen LogP contribution in [0.4, 0.5) is 0 Å². The van der Waals surface area contributed by atoms with Gasteiger partial charge >= 0.3 is 5.97 Å². The minimum atomic E-state index is -0.678. The number of carboxylic acid groups (broad SMARTS) is 1. The molecule has 2 atom stereocenters. The van der Waals surface area contributed by atoms with E-state index in [4.69, 9.17) is 5.11 Å². The van der Waals surface area contributed by atoms with Gasteiger partial charge in [0.05, 0.1) is 6.42 Å². The first-order chi connectivity index (χ1) is 7.69. The number of hydrogen-bond donors (Lipinski definition) is 1. The van der Waals surface area contributed by atoms with Crippen molar-refractivity contribution in [3.63, 3.8) is 0 Å². The maximum atomic E-state index is 10.6. The highest BCUT2D eigenvalue weighted by Gasteiger charge is 2.28. The van der Waals surface area contributed by atoms with E-state index in [1.165, 1.54) is 32.1 Å². The van der Waals surface area contributed by atoms with E-state index in [9.17, 15) is 4.79 Å². The number of carboxylic acids is 1. The Morgan fingerprint density at radius 2 is 2.00 bits per heavy atom. The van der Waals surface area contributed by atoms with Gasteiger partial charge in [-0.2, -0.15) is 0 Å². The Bertz CT molecular complexity index is 218. The predicted molar refractivity (Wildman–Crippen MR) is 65.5 cm³/mol. The molecule has 0 amide bonds. The van der Waals surface area contributed by atoms with Crippen LogP contribution in [0.3, 0.4) is 0 Å². The molecule has 0 bridgehead atoms. The maximum Gasteiger partial charge on any atom is 0.304 e. The van der Waals surface area contributed by atoms with Gasteiger partial charge in [-0.15, -0.1) is 0 Å². The molecule has 0 aromatic heterocycles. The Hall–Kier alpha value is -0.570. The molecule has 0 radical (unpaired) electrons. The normalized spacial score (nSPS) is 25.9. The van der Waals surface area contributed by atoms with Crippen LogP contribution in [-0.2, 0) is 4.79 Å². The molecule has 0 aromatic rings. The molecule has 1 N–H and O–H groups in total. The van der Waals surface area contributed by atoms with Crippen molar-refractivity contribution in [1.29, 1.82) is 0 Å². The van der Waals surface area contributed by atoms with Crippen LogP contribution >= 0.6 is 0 Å². The summed E-state index contributed by atoms with van der Waals surface area (Å²) < 4.78 is 0. The highest BCUT2D eigenvalue weighted by Crippen LogP contribution is 2.30. The molecule has 0 aliphatic heterocycles. The third-order valence-corrected chi connectivity index (χ3v) is 3.88.